The Kier molecular flexibility index (Phi) is 11.0. The van der Waals surface area contributed by atoms with E-state index in [4.69, 9.17) is 11.3 Å². The number of rotatable bonds is 7. The molecular formula is C94H80BN3OS. The topological polar surface area (TPSA) is 24.6 Å². The molecule has 486 valence electrons. The second kappa shape index (κ2) is 22.4. The molecule has 2 aliphatic heterocycles. The first-order valence-corrected chi connectivity index (χ1v) is 35.2. The van der Waals surface area contributed by atoms with E-state index in [1.54, 1.807) is 15.9 Å². The third-order valence-corrected chi connectivity index (χ3v) is 22.0. The van der Waals surface area contributed by atoms with Crippen molar-refractivity contribution >= 4 is 132 Å². The quantitative estimate of drug-likeness (QED) is 0.149. The average Bonchev–Trinajstić information content (AvgIpc) is 1.66. The van der Waals surface area contributed by atoms with Crippen LogP contribution in [-0.4, -0.2) is 11.3 Å². The van der Waals surface area contributed by atoms with Gasteiger partial charge >= 0.3 is 0 Å². The second-order valence-corrected chi connectivity index (χ2v) is 32.2. The maximum atomic E-state index is 9.78. The van der Waals surface area contributed by atoms with Gasteiger partial charge in [-0.05, 0) is 154 Å². The molecule has 18 rings (SSSR count). The first-order valence-electron chi connectivity index (χ1n) is 40.9. The van der Waals surface area contributed by atoms with Crippen LogP contribution in [0.4, 0.5) is 34.1 Å². The third kappa shape index (κ3) is 9.83. The van der Waals surface area contributed by atoms with Gasteiger partial charge in [-0.25, -0.2) is 0 Å². The highest BCUT2D eigenvalue weighted by molar-refractivity contribution is 7.27. The summed E-state index contributed by atoms with van der Waals surface area (Å²) in [7, 11) is 0. The predicted molar refractivity (Wildman–Crippen MR) is 432 cm³/mol. The molecule has 5 heterocycles. The van der Waals surface area contributed by atoms with Crippen LogP contribution < -0.4 is 26.2 Å². The highest BCUT2D eigenvalue weighted by Gasteiger charge is 2.45. The van der Waals surface area contributed by atoms with Crippen molar-refractivity contribution in [1.82, 2.24) is 4.57 Å². The van der Waals surface area contributed by atoms with Gasteiger partial charge in [0, 0.05) is 71.0 Å². The summed E-state index contributed by atoms with van der Waals surface area (Å²) in [5.41, 5.74) is 18.5. The lowest BCUT2D eigenvalue weighted by molar-refractivity contribution is 0.569. The van der Waals surface area contributed by atoms with Crippen LogP contribution in [0.5, 0.6) is 0 Å². The van der Waals surface area contributed by atoms with E-state index in [1.165, 1.54) is 11.1 Å². The molecule has 3 aromatic heterocycles. The van der Waals surface area contributed by atoms with Gasteiger partial charge in [-0.3, -0.25) is 0 Å². The van der Waals surface area contributed by atoms with Crippen LogP contribution >= 0.6 is 11.3 Å². The summed E-state index contributed by atoms with van der Waals surface area (Å²) in [5.74, 6) is 0. The van der Waals surface area contributed by atoms with Gasteiger partial charge < -0.3 is 18.8 Å². The minimum Gasteiger partial charge on any atom is -0.453 e. The van der Waals surface area contributed by atoms with E-state index in [0.29, 0.717) is 39.5 Å². The van der Waals surface area contributed by atoms with Crippen molar-refractivity contribution in [3.8, 4) is 50.2 Å². The fraction of sp³-hybridized carbons (Fsp3) is 0.170. The molecule has 6 heteroatoms. The number of thiophene rings is 1. The largest absolute Gasteiger partial charge is 0.453 e. The van der Waals surface area contributed by atoms with Crippen LogP contribution in [0.3, 0.4) is 0 Å². The Morgan fingerprint density at radius 2 is 0.790 bits per heavy atom. The summed E-state index contributed by atoms with van der Waals surface area (Å²) >= 11 is 1.72. The zero-order valence-electron chi connectivity index (χ0n) is 71.1. The molecule has 0 radical (unpaired) electrons. The molecular weight excluding hydrogens is 1230 g/mol. The van der Waals surface area contributed by atoms with Crippen molar-refractivity contribution < 1.29 is 22.2 Å². The molecule has 0 saturated heterocycles. The lowest BCUT2D eigenvalue weighted by Crippen LogP contribution is -2.61. The second-order valence-electron chi connectivity index (χ2n) is 31.2. The van der Waals surface area contributed by atoms with Gasteiger partial charge in [0.1, 0.15) is 5.58 Å². The Hall–Kier alpha value is -10.7. The molecule has 0 saturated carbocycles. The Bertz CT molecular complexity index is 6710. The van der Waals surface area contributed by atoms with Gasteiger partial charge in [-0.1, -0.05) is 295 Å². The Morgan fingerprint density at radius 3 is 1.39 bits per heavy atom. The normalized spacial score (nSPS) is 15.2. The van der Waals surface area contributed by atoms with Crippen molar-refractivity contribution in [2.24, 2.45) is 0 Å². The highest BCUT2D eigenvalue weighted by atomic mass is 32.1. The standard InChI is InChI=1S/C94H80BN3OS/c1-91(2,3)63-43-38-58(39-44-63)68-28-20-30-72-73-31-22-36-80(88(73)99-87(68)72)97-83-56-67(96-78-34-18-16-26-70(78)71-27-17-19-35-79(71)96)47-49-77(83)95-76-48-42-60(57-24-14-13-15-25-57)52-82(76)98(85-54-62(53-84(97)86(85)95)61-50-65(93(7,8)9)55-66(51-61)94(10,11)12)81-37-23-33-75-74-32-21-29-69(89(74)100-90(75)81)59-40-45-64(46-41-59)92(4,5)6/h13-56H,1-12H3/i13D,14D,15D,16D,17D,18D,19D,24D,25D,26D,27D,34D,35D. The van der Waals surface area contributed by atoms with E-state index in [-0.39, 0.29) is 61.1 Å². The Labute approximate surface area is 609 Å². The molecule has 0 aliphatic carbocycles. The molecule has 0 atom stereocenters. The summed E-state index contributed by atoms with van der Waals surface area (Å²) in [6, 6.07) is 60.1. The van der Waals surface area contributed by atoms with Crippen molar-refractivity contribution in [2.75, 3.05) is 9.80 Å². The average molecular weight is 1320 g/mol. The van der Waals surface area contributed by atoms with Crippen LogP contribution in [0.1, 0.15) is 123 Å². The smallest absolute Gasteiger partial charge is 0.252 e. The van der Waals surface area contributed by atoms with E-state index in [9.17, 15) is 11.0 Å². The zero-order valence-corrected chi connectivity index (χ0v) is 58.9. The van der Waals surface area contributed by atoms with E-state index >= 15 is 0 Å². The zero-order chi connectivity index (χ0) is 79.8. The molecule has 100 heavy (non-hydrogen) atoms. The monoisotopic (exact) mass is 1320 g/mol. The number of aromatic nitrogens is 1. The van der Waals surface area contributed by atoms with Crippen LogP contribution in [0.15, 0.2) is 271 Å². The number of anilines is 6. The summed E-state index contributed by atoms with van der Waals surface area (Å²) in [6.07, 6.45) is 0. The van der Waals surface area contributed by atoms with Crippen LogP contribution in [-0.2, 0) is 21.7 Å². The first kappa shape index (κ1) is 49.0. The van der Waals surface area contributed by atoms with Gasteiger partial charge in [0.05, 0.1) is 44.9 Å². The van der Waals surface area contributed by atoms with Crippen molar-refractivity contribution in [1.29, 1.82) is 0 Å². The summed E-state index contributed by atoms with van der Waals surface area (Å²) in [5, 5.41) is 3.73. The molecule has 4 nitrogen and oxygen atoms in total. The van der Waals surface area contributed by atoms with Gasteiger partial charge in [0.2, 0.25) is 0 Å². The van der Waals surface area contributed by atoms with Crippen molar-refractivity contribution in [2.45, 2.75) is 105 Å². The maximum absolute atomic E-state index is 9.78. The van der Waals surface area contributed by atoms with E-state index in [1.807, 2.05) is 42.5 Å². The predicted octanol–water partition coefficient (Wildman–Crippen LogP) is 25.0. The third-order valence-electron chi connectivity index (χ3n) is 20.7. The molecule has 0 spiro atoms. The summed E-state index contributed by atoms with van der Waals surface area (Å²) in [4.78, 5) is 4.58. The lowest BCUT2D eigenvalue weighted by atomic mass is 9.33. The number of hydrogen-bond donors (Lipinski definition) is 0. The molecule has 16 aromatic rings. The number of benzene rings is 13. The number of furan rings is 1. The molecule has 0 amide bonds. The Balaban J connectivity index is 1.01. The fourth-order valence-electron chi connectivity index (χ4n) is 15.4. The van der Waals surface area contributed by atoms with E-state index < -0.39 is 73.2 Å². The molecule has 0 N–H and O–H groups in total. The van der Waals surface area contributed by atoms with E-state index in [0.717, 1.165) is 109 Å². The number of hydrogen-bond acceptors (Lipinski definition) is 4. The molecule has 0 bridgehead atoms. The van der Waals surface area contributed by atoms with Crippen molar-refractivity contribution in [3.05, 3.63) is 289 Å². The number of fused-ring (bicyclic) bond motifs is 13. The highest BCUT2D eigenvalue weighted by Crippen LogP contribution is 2.54. The Morgan fingerprint density at radius 1 is 0.330 bits per heavy atom. The SMILES string of the molecule is [2H]c1c([2H])c([2H])c(-c2ccc3c(c2)N(c2cccc4c2sc2c(-c5ccc(C(C)(C)C)cc5)cccc24)c2cc(-c4cc(C(C)(C)C)cc(C(C)(C)C)c4)cc4c2B3c2ccc(-n3c5c([2H])c([2H])c([2H])c([2H])c5c5c([2H])c([2H])c([2H])c([2H])c53)cc2N4c2cccc3c2oc2c(-c4ccc(C(C)(C)C)cc4)cccc23)c([2H])c1[2H]. The fourth-order valence-corrected chi connectivity index (χ4v) is 16.7. The van der Waals surface area contributed by atoms with Crippen LogP contribution in [0, 0.1) is 0 Å². The summed E-state index contributed by atoms with van der Waals surface area (Å²) < 4.78 is 132. The molecule has 0 unspecified atom stereocenters. The first-order chi connectivity index (χ1) is 53.5. The number of nitrogens with zero attached hydrogens (tertiary/aromatic N) is 3. The van der Waals surface area contributed by atoms with Crippen LogP contribution in [0.25, 0.3) is 114 Å². The minimum atomic E-state index is -0.671. The molecule has 2 aliphatic rings. The van der Waals surface area contributed by atoms with Crippen LogP contribution in [0.2, 0.25) is 0 Å². The van der Waals surface area contributed by atoms with Gasteiger partial charge in [0.15, 0.2) is 5.58 Å². The van der Waals surface area contributed by atoms with Crippen molar-refractivity contribution in [3.63, 3.8) is 0 Å². The summed E-state index contributed by atoms with van der Waals surface area (Å²) in [6.45, 7) is 26.0. The molecule has 13 aromatic carbocycles. The van der Waals surface area contributed by atoms with E-state index in [2.05, 4.69) is 238 Å². The maximum Gasteiger partial charge on any atom is 0.252 e. The lowest BCUT2D eigenvalue weighted by Gasteiger charge is -2.44. The van der Waals surface area contributed by atoms with Gasteiger partial charge in [-0.2, -0.15) is 0 Å². The molecule has 0 fully saturated rings. The van der Waals surface area contributed by atoms with Gasteiger partial charge in [-0.15, -0.1) is 11.3 Å². The minimum absolute atomic E-state index is 0.0269. The number of para-hydroxylation sites is 4. The van der Waals surface area contributed by atoms with Gasteiger partial charge in [0.25, 0.3) is 6.71 Å².